The molecule has 1 rings (SSSR count). The SMILES string of the molecule is CCOC(=O)CC/C(=C\C1CCCCC1)[N+](=O)[O-]. The third kappa shape index (κ3) is 5.29. The lowest BCUT2D eigenvalue weighted by Gasteiger charge is -2.17. The van der Waals surface area contributed by atoms with E-state index in [0.717, 1.165) is 25.7 Å². The number of carbonyl (C=O) groups is 1. The van der Waals surface area contributed by atoms with E-state index >= 15 is 0 Å². The van der Waals surface area contributed by atoms with E-state index in [4.69, 9.17) is 4.74 Å². The van der Waals surface area contributed by atoms with Crippen molar-refractivity contribution in [2.24, 2.45) is 5.92 Å². The first-order chi connectivity index (χ1) is 8.63. The molecule has 1 saturated carbocycles. The van der Waals surface area contributed by atoms with E-state index < -0.39 is 0 Å². The summed E-state index contributed by atoms with van der Waals surface area (Å²) in [6.45, 7) is 2.04. The van der Waals surface area contributed by atoms with Gasteiger partial charge in [-0.15, -0.1) is 0 Å². The molecule has 5 heteroatoms. The molecule has 0 spiro atoms. The molecule has 0 aliphatic heterocycles. The van der Waals surface area contributed by atoms with Gasteiger partial charge in [-0.3, -0.25) is 14.9 Å². The third-order valence-corrected chi connectivity index (χ3v) is 3.20. The number of ether oxygens (including phenoxy) is 1. The standard InChI is InChI=1S/C13H21NO4/c1-2-18-13(15)9-8-12(14(16)17)10-11-6-4-3-5-7-11/h10-11H,2-9H2,1H3/b12-10+. The smallest absolute Gasteiger partial charge is 0.306 e. The molecule has 0 heterocycles. The minimum Gasteiger partial charge on any atom is -0.466 e. The van der Waals surface area contributed by atoms with E-state index in [2.05, 4.69) is 0 Å². The van der Waals surface area contributed by atoms with E-state index in [1.165, 1.54) is 6.42 Å². The van der Waals surface area contributed by atoms with Crippen molar-refractivity contribution in [1.82, 2.24) is 0 Å². The summed E-state index contributed by atoms with van der Waals surface area (Å²) in [4.78, 5) is 21.8. The second-order valence-electron chi connectivity index (χ2n) is 4.62. The fourth-order valence-electron chi connectivity index (χ4n) is 2.27. The maximum Gasteiger partial charge on any atom is 0.306 e. The van der Waals surface area contributed by atoms with E-state index in [0.29, 0.717) is 12.5 Å². The van der Waals surface area contributed by atoms with Gasteiger partial charge in [-0.25, -0.2) is 0 Å². The fourth-order valence-corrected chi connectivity index (χ4v) is 2.27. The Hall–Kier alpha value is -1.39. The van der Waals surface area contributed by atoms with Gasteiger partial charge in [0.2, 0.25) is 5.70 Å². The minimum atomic E-state index is -0.367. The lowest BCUT2D eigenvalue weighted by molar-refractivity contribution is -0.428. The quantitative estimate of drug-likeness (QED) is 0.415. The molecule has 0 amide bonds. The molecule has 1 fully saturated rings. The van der Waals surface area contributed by atoms with Crippen LogP contribution < -0.4 is 0 Å². The summed E-state index contributed by atoms with van der Waals surface area (Å²) < 4.78 is 4.77. The molecule has 1 aliphatic carbocycles. The molecule has 0 N–H and O–H groups in total. The molecule has 18 heavy (non-hydrogen) atoms. The number of nitrogens with zero attached hydrogens (tertiary/aromatic N) is 1. The molecule has 102 valence electrons. The number of allylic oxidation sites excluding steroid dienone is 2. The van der Waals surface area contributed by atoms with Gasteiger partial charge in [0.15, 0.2) is 0 Å². The average Bonchev–Trinajstić information content (AvgIpc) is 2.35. The van der Waals surface area contributed by atoms with Crippen LogP contribution in [0, 0.1) is 16.0 Å². The summed E-state index contributed by atoms with van der Waals surface area (Å²) in [5, 5.41) is 10.9. The van der Waals surface area contributed by atoms with Gasteiger partial charge in [-0.2, -0.15) is 0 Å². The van der Waals surface area contributed by atoms with Crippen molar-refractivity contribution in [2.45, 2.75) is 51.9 Å². The van der Waals surface area contributed by atoms with Crippen LogP contribution in [-0.4, -0.2) is 17.5 Å². The Morgan fingerprint density at radius 2 is 2.00 bits per heavy atom. The van der Waals surface area contributed by atoms with Gasteiger partial charge in [0.25, 0.3) is 0 Å². The lowest BCUT2D eigenvalue weighted by Crippen LogP contribution is -2.10. The molecule has 0 aromatic carbocycles. The van der Waals surface area contributed by atoms with Gasteiger partial charge in [-0.05, 0) is 31.8 Å². The minimum absolute atomic E-state index is 0.0906. The Morgan fingerprint density at radius 3 is 2.56 bits per heavy atom. The number of esters is 1. The summed E-state index contributed by atoms with van der Waals surface area (Å²) in [6, 6.07) is 0. The normalized spacial score (nSPS) is 17.5. The molecular formula is C13H21NO4. The van der Waals surface area contributed by atoms with Crippen LogP contribution in [0.3, 0.4) is 0 Å². The Labute approximate surface area is 107 Å². The van der Waals surface area contributed by atoms with Crippen LogP contribution in [0.25, 0.3) is 0 Å². The highest BCUT2D eigenvalue weighted by Gasteiger charge is 2.18. The Balaban J connectivity index is 2.50. The molecule has 0 atom stereocenters. The number of carbonyl (C=O) groups excluding carboxylic acids is 1. The summed E-state index contributed by atoms with van der Waals surface area (Å²) in [7, 11) is 0. The maximum atomic E-state index is 11.2. The van der Waals surface area contributed by atoms with Crippen molar-refractivity contribution in [2.75, 3.05) is 6.61 Å². The third-order valence-electron chi connectivity index (χ3n) is 3.20. The molecular weight excluding hydrogens is 234 g/mol. The highest BCUT2D eigenvalue weighted by atomic mass is 16.6. The molecule has 5 nitrogen and oxygen atoms in total. The molecule has 0 unspecified atom stereocenters. The summed E-state index contributed by atoms with van der Waals surface area (Å²) in [5.74, 6) is -0.0600. The first-order valence-electron chi connectivity index (χ1n) is 6.64. The number of nitro groups is 1. The number of rotatable bonds is 6. The van der Waals surface area contributed by atoms with Crippen molar-refractivity contribution >= 4 is 5.97 Å². The van der Waals surface area contributed by atoms with Gasteiger partial charge in [-0.1, -0.05) is 19.3 Å². The highest BCUT2D eigenvalue weighted by molar-refractivity contribution is 5.69. The zero-order chi connectivity index (χ0) is 13.4. The van der Waals surface area contributed by atoms with E-state index in [1.54, 1.807) is 13.0 Å². The highest BCUT2D eigenvalue weighted by Crippen LogP contribution is 2.26. The van der Waals surface area contributed by atoms with Gasteiger partial charge < -0.3 is 4.74 Å². The molecule has 0 radical (unpaired) electrons. The molecule has 1 aliphatic rings. The second-order valence-corrected chi connectivity index (χ2v) is 4.62. The summed E-state index contributed by atoms with van der Waals surface area (Å²) in [6.07, 6.45) is 7.57. The largest absolute Gasteiger partial charge is 0.466 e. The number of hydrogen-bond acceptors (Lipinski definition) is 4. The van der Waals surface area contributed by atoms with Gasteiger partial charge in [0.05, 0.1) is 18.0 Å². The first-order valence-corrected chi connectivity index (χ1v) is 6.64. The fraction of sp³-hybridized carbons (Fsp3) is 0.769. The lowest BCUT2D eigenvalue weighted by atomic mass is 9.88. The second kappa shape index (κ2) is 7.84. The average molecular weight is 255 g/mol. The van der Waals surface area contributed by atoms with Gasteiger partial charge in [0.1, 0.15) is 0 Å². The number of hydrogen-bond donors (Lipinski definition) is 0. The van der Waals surface area contributed by atoms with Crippen LogP contribution in [0.15, 0.2) is 11.8 Å². The molecule has 0 aromatic heterocycles. The van der Waals surface area contributed by atoms with Crippen molar-refractivity contribution in [3.8, 4) is 0 Å². The summed E-state index contributed by atoms with van der Waals surface area (Å²) in [5.41, 5.74) is 0.162. The van der Waals surface area contributed by atoms with Crippen LogP contribution in [0.1, 0.15) is 51.9 Å². The monoisotopic (exact) mass is 255 g/mol. The van der Waals surface area contributed by atoms with Crippen LogP contribution in [0.2, 0.25) is 0 Å². The van der Waals surface area contributed by atoms with Crippen molar-refractivity contribution < 1.29 is 14.5 Å². The Bertz CT molecular complexity index is 319. The topological polar surface area (TPSA) is 69.4 Å². The van der Waals surface area contributed by atoms with Crippen LogP contribution in [0.5, 0.6) is 0 Å². The molecule has 0 bridgehead atoms. The van der Waals surface area contributed by atoms with Crippen LogP contribution >= 0.6 is 0 Å². The maximum absolute atomic E-state index is 11.2. The van der Waals surface area contributed by atoms with Crippen LogP contribution in [-0.2, 0) is 9.53 Å². The zero-order valence-corrected chi connectivity index (χ0v) is 10.9. The first kappa shape index (κ1) is 14.7. The predicted octanol–water partition coefficient (Wildman–Crippen LogP) is 3.07. The summed E-state index contributed by atoms with van der Waals surface area (Å²) >= 11 is 0. The predicted molar refractivity (Wildman–Crippen MR) is 67.5 cm³/mol. The Kier molecular flexibility index (Phi) is 6.39. The molecule has 0 aromatic rings. The van der Waals surface area contributed by atoms with Crippen LogP contribution in [0.4, 0.5) is 0 Å². The van der Waals surface area contributed by atoms with E-state index in [9.17, 15) is 14.9 Å². The zero-order valence-electron chi connectivity index (χ0n) is 10.9. The molecule has 0 saturated heterocycles. The van der Waals surface area contributed by atoms with Gasteiger partial charge >= 0.3 is 5.97 Å². The van der Waals surface area contributed by atoms with Crippen molar-refractivity contribution in [1.29, 1.82) is 0 Å². The van der Waals surface area contributed by atoms with Gasteiger partial charge in [0, 0.05) is 6.42 Å². The van der Waals surface area contributed by atoms with Crippen molar-refractivity contribution in [3.63, 3.8) is 0 Å². The van der Waals surface area contributed by atoms with E-state index in [-0.39, 0.29) is 29.4 Å². The van der Waals surface area contributed by atoms with Crippen molar-refractivity contribution in [3.05, 3.63) is 21.9 Å². The van der Waals surface area contributed by atoms with E-state index in [1.807, 2.05) is 0 Å². The Morgan fingerprint density at radius 1 is 1.33 bits per heavy atom.